The molecule has 0 saturated carbocycles. The molecule has 0 bridgehead atoms. The minimum absolute atomic E-state index is 1.09. The Hall–Kier alpha value is -1.04. The molecule has 0 rings (SSSR count). The molecule has 0 nitrogen and oxygen atoms in total. The number of rotatable bonds is 4. The van der Waals surface area contributed by atoms with Gasteiger partial charge in [-0.2, -0.15) is 0 Å². The van der Waals surface area contributed by atoms with E-state index in [-0.39, 0.29) is 0 Å². The molecule has 0 aromatic rings. The average Bonchev–Trinajstić information content (AvgIpc) is 1.97. The van der Waals surface area contributed by atoms with Gasteiger partial charge in [-0.05, 0) is 6.42 Å². The van der Waals surface area contributed by atoms with Crippen molar-refractivity contribution < 1.29 is 0 Å². The molecule has 0 N–H and O–H groups in total. The van der Waals surface area contributed by atoms with Crippen molar-refractivity contribution in [3.63, 3.8) is 0 Å². The van der Waals surface area contributed by atoms with Gasteiger partial charge >= 0.3 is 0 Å². The van der Waals surface area contributed by atoms with E-state index in [4.69, 9.17) is 0 Å². The van der Waals surface area contributed by atoms with Gasteiger partial charge in [0.2, 0.25) is 0 Å². The molecule has 0 heterocycles. The lowest BCUT2D eigenvalue weighted by Crippen LogP contribution is -1.51. The van der Waals surface area contributed by atoms with Crippen molar-refractivity contribution in [2.24, 2.45) is 0 Å². The molecule has 0 aromatic carbocycles. The second-order valence-electron chi connectivity index (χ2n) is 1.84. The summed E-state index contributed by atoms with van der Waals surface area (Å²) in [4.78, 5) is 0. The van der Waals surface area contributed by atoms with Crippen LogP contribution in [0.3, 0.4) is 0 Å². The maximum absolute atomic E-state index is 3.56. The quantitative estimate of drug-likeness (QED) is 0.518. The average molecular weight is 134 g/mol. The van der Waals surface area contributed by atoms with Gasteiger partial charge in [-0.3, -0.25) is 0 Å². The van der Waals surface area contributed by atoms with Crippen molar-refractivity contribution in [2.45, 2.75) is 13.3 Å². The summed E-state index contributed by atoms with van der Waals surface area (Å²) in [6.45, 7) is 5.67. The summed E-state index contributed by atoms with van der Waals surface area (Å²) in [7, 11) is 0. The lowest BCUT2D eigenvalue weighted by atomic mass is 10.3. The van der Waals surface area contributed by atoms with Crippen molar-refractivity contribution in [2.75, 3.05) is 0 Å². The zero-order chi connectivity index (χ0) is 7.66. The van der Waals surface area contributed by atoms with Crippen LogP contribution in [0.15, 0.2) is 49.1 Å². The summed E-state index contributed by atoms with van der Waals surface area (Å²) in [6, 6.07) is 0. The third-order valence-corrected chi connectivity index (χ3v) is 0.952. The first-order chi connectivity index (χ1) is 4.91. The topological polar surface area (TPSA) is 0 Å². The predicted octanol–water partition coefficient (Wildman–Crippen LogP) is 3.25. The highest BCUT2D eigenvalue weighted by Gasteiger charge is 1.61. The minimum Gasteiger partial charge on any atom is -0.0991 e. The monoisotopic (exact) mass is 134 g/mol. The predicted molar refractivity (Wildman–Crippen MR) is 47.9 cm³/mol. The Kier molecular flexibility index (Phi) is 7.13. The summed E-state index contributed by atoms with van der Waals surface area (Å²) in [5.41, 5.74) is 0. The summed E-state index contributed by atoms with van der Waals surface area (Å²) in [6.07, 6.45) is 14.8. The van der Waals surface area contributed by atoms with Gasteiger partial charge in [0.15, 0.2) is 0 Å². The van der Waals surface area contributed by atoms with E-state index in [0.717, 1.165) is 6.42 Å². The van der Waals surface area contributed by atoms with Gasteiger partial charge in [0, 0.05) is 0 Å². The molecule has 0 aliphatic heterocycles. The first-order valence-corrected chi connectivity index (χ1v) is 3.52. The largest absolute Gasteiger partial charge is 0.0991 e. The third-order valence-electron chi connectivity index (χ3n) is 0.952. The Labute approximate surface area is 63.3 Å². The van der Waals surface area contributed by atoms with E-state index in [2.05, 4.69) is 19.6 Å². The van der Waals surface area contributed by atoms with Crippen LogP contribution in [0, 0.1) is 0 Å². The third kappa shape index (κ3) is 6.96. The van der Waals surface area contributed by atoms with Crippen LogP contribution in [0.5, 0.6) is 0 Å². The van der Waals surface area contributed by atoms with Crippen LogP contribution in [0.1, 0.15) is 13.3 Å². The lowest BCUT2D eigenvalue weighted by Gasteiger charge is -1.73. The van der Waals surface area contributed by atoms with Gasteiger partial charge < -0.3 is 0 Å². The molecule has 0 saturated heterocycles. The van der Waals surface area contributed by atoms with Gasteiger partial charge in [0.05, 0.1) is 0 Å². The van der Waals surface area contributed by atoms with Crippen LogP contribution < -0.4 is 0 Å². The van der Waals surface area contributed by atoms with E-state index < -0.39 is 0 Å². The molecule has 0 aliphatic rings. The van der Waals surface area contributed by atoms with Crippen LogP contribution in [-0.4, -0.2) is 0 Å². The van der Waals surface area contributed by atoms with E-state index in [0.29, 0.717) is 0 Å². The Morgan fingerprint density at radius 3 is 2.20 bits per heavy atom. The Balaban J connectivity index is 3.46. The lowest BCUT2D eigenvalue weighted by molar-refractivity contribution is 1.22. The first-order valence-electron chi connectivity index (χ1n) is 3.52. The van der Waals surface area contributed by atoms with Crippen molar-refractivity contribution in [1.29, 1.82) is 0 Å². The summed E-state index contributed by atoms with van der Waals surface area (Å²) < 4.78 is 0. The van der Waals surface area contributed by atoms with Crippen LogP contribution >= 0.6 is 0 Å². The molecule has 0 spiro atoms. The van der Waals surface area contributed by atoms with Crippen LogP contribution in [0.4, 0.5) is 0 Å². The molecule has 0 unspecified atom stereocenters. The highest BCUT2D eigenvalue weighted by Crippen LogP contribution is 1.82. The SMILES string of the molecule is C=C\C=C/C=C/C=C/CC. The highest BCUT2D eigenvalue weighted by molar-refractivity contribution is 5.13. The Morgan fingerprint density at radius 2 is 1.60 bits per heavy atom. The molecular formula is C10H14. The number of hydrogen-bond donors (Lipinski definition) is 0. The van der Waals surface area contributed by atoms with Gasteiger partial charge in [0.1, 0.15) is 0 Å². The van der Waals surface area contributed by atoms with Crippen LogP contribution in [0.2, 0.25) is 0 Å². The second-order valence-corrected chi connectivity index (χ2v) is 1.84. The Morgan fingerprint density at radius 1 is 1.00 bits per heavy atom. The van der Waals surface area contributed by atoms with Crippen molar-refractivity contribution in [3.05, 3.63) is 49.1 Å². The molecule has 10 heavy (non-hydrogen) atoms. The highest BCUT2D eigenvalue weighted by atomic mass is 13.7. The molecule has 0 amide bonds. The molecule has 0 aromatic heterocycles. The maximum atomic E-state index is 3.56. The Bertz CT molecular complexity index is 147. The normalized spacial score (nSPS) is 12.1. The van der Waals surface area contributed by atoms with Gasteiger partial charge in [0.25, 0.3) is 0 Å². The molecule has 0 fully saturated rings. The van der Waals surface area contributed by atoms with Crippen LogP contribution in [0.25, 0.3) is 0 Å². The van der Waals surface area contributed by atoms with Crippen molar-refractivity contribution in [3.8, 4) is 0 Å². The summed E-state index contributed by atoms with van der Waals surface area (Å²) >= 11 is 0. The van der Waals surface area contributed by atoms with E-state index in [1.165, 1.54) is 0 Å². The molecule has 0 radical (unpaired) electrons. The number of allylic oxidation sites excluding steroid dienone is 7. The van der Waals surface area contributed by atoms with Gasteiger partial charge in [-0.15, -0.1) is 0 Å². The zero-order valence-corrected chi connectivity index (χ0v) is 6.46. The van der Waals surface area contributed by atoms with E-state index in [1.54, 1.807) is 6.08 Å². The fourth-order valence-electron chi connectivity index (χ4n) is 0.486. The minimum atomic E-state index is 1.09. The maximum Gasteiger partial charge on any atom is -0.0376 e. The van der Waals surface area contributed by atoms with Crippen molar-refractivity contribution >= 4 is 0 Å². The molecule has 0 heteroatoms. The molecule has 0 aliphatic carbocycles. The van der Waals surface area contributed by atoms with E-state index in [9.17, 15) is 0 Å². The zero-order valence-electron chi connectivity index (χ0n) is 6.46. The molecular weight excluding hydrogens is 120 g/mol. The number of hydrogen-bond acceptors (Lipinski definition) is 0. The standard InChI is InChI=1S/C10H14/c1-3-5-7-9-10-8-6-4-2/h3,5-10H,1,4H2,2H3/b7-5-,8-6+,10-9+. The van der Waals surface area contributed by atoms with Crippen molar-refractivity contribution in [1.82, 2.24) is 0 Å². The fraction of sp³-hybridized carbons (Fsp3) is 0.200. The van der Waals surface area contributed by atoms with E-state index >= 15 is 0 Å². The van der Waals surface area contributed by atoms with Gasteiger partial charge in [-0.25, -0.2) is 0 Å². The second kappa shape index (κ2) is 7.96. The van der Waals surface area contributed by atoms with Gasteiger partial charge in [-0.1, -0.05) is 56.0 Å². The first kappa shape index (κ1) is 8.96. The summed E-state index contributed by atoms with van der Waals surface area (Å²) in [5, 5.41) is 0. The fourth-order valence-corrected chi connectivity index (χ4v) is 0.486. The summed E-state index contributed by atoms with van der Waals surface area (Å²) in [5.74, 6) is 0. The smallest absolute Gasteiger partial charge is 0.0376 e. The molecule has 54 valence electrons. The van der Waals surface area contributed by atoms with Crippen LogP contribution in [-0.2, 0) is 0 Å². The molecule has 0 atom stereocenters. The van der Waals surface area contributed by atoms with E-state index in [1.807, 2.05) is 30.4 Å².